The van der Waals surface area contributed by atoms with Gasteiger partial charge in [-0.1, -0.05) is 13.3 Å². The Kier molecular flexibility index (Phi) is 2.10. The van der Waals surface area contributed by atoms with Crippen LogP contribution in [0, 0.1) is 0 Å². The van der Waals surface area contributed by atoms with Crippen molar-refractivity contribution >= 4 is 0 Å². The third-order valence-electron chi connectivity index (χ3n) is 4.50. The van der Waals surface area contributed by atoms with Gasteiger partial charge in [-0.2, -0.15) is 0 Å². The molecule has 0 radical (unpaired) electrons. The average Bonchev–Trinajstić information content (AvgIpc) is 2.85. The lowest BCUT2D eigenvalue weighted by molar-refractivity contribution is 0.0525. The van der Waals surface area contributed by atoms with Gasteiger partial charge in [-0.15, -0.1) is 0 Å². The first-order valence-electron chi connectivity index (χ1n) is 6.41. The fourth-order valence-corrected chi connectivity index (χ4v) is 3.93. The maximum atomic E-state index is 2.79. The Bertz CT molecular complexity index is 226. The van der Waals surface area contributed by atoms with Crippen molar-refractivity contribution in [1.29, 1.82) is 0 Å². The molecule has 0 aromatic heterocycles. The molecule has 3 unspecified atom stereocenters. The first kappa shape index (κ1) is 9.17. The van der Waals surface area contributed by atoms with Crippen molar-refractivity contribution in [1.82, 2.24) is 9.80 Å². The zero-order valence-corrected chi connectivity index (χ0v) is 9.34. The van der Waals surface area contributed by atoms with Crippen LogP contribution in [-0.4, -0.2) is 41.1 Å². The van der Waals surface area contributed by atoms with E-state index in [0.717, 1.165) is 6.04 Å². The summed E-state index contributed by atoms with van der Waals surface area (Å²) in [5.41, 5.74) is 0.576. The van der Waals surface area contributed by atoms with Crippen LogP contribution in [0.2, 0.25) is 0 Å². The summed E-state index contributed by atoms with van der Waals surface area (Å²) in [4.78, 5) is 5.58. The van der Waals surface area contributed by atoms with Gasteiger partial charge in [0, 0.05) is 19.1 Å². The molecule has 80 valence electrons. The van der Waals surface area contributed by atoms with Gasteiger partial charge in [0.1, 0.15) is 0 Å². The van der Waals surface area contributed by atoms with Crippen molar-refractivity contribution < 1.29 is 0 Å². The topological polar surface area (TPSA) is 6.25 Å². The summed E-state index contributed by atoms with van der Waals surface area (Å²) in [7, 11) is 0. The highest BCUT2D eigenvalue weighted by Gasteiger charge is 2.65. The first-order chi connectivity index (χ1) is 6.89. The third kappa shape index (κ3) is 1.04. The molecule has 0 saturated carbocycles. The van der Waals surface area contributed by atoms with E-state index in [4.69, 9.17) is 0 Å². The van der Waals surface area contributed by atoms with Crippen molar-refractivity contribution in [2.75, 3.05) is 19.6 Å². The maximum Gasteiger partial charge on any atom is 0.0901 e. The van der Waals surface area contributed by atoms with Gasteiger partial charge in [0.2, 0.25) is 0 Å². The van der Waals surface area contributed by atoms with E-state index in [1.54, 1.807) is 0 Å². The Balaban J connectivity index is 1.79. The van der Waals surface area contributed by atoms with Crippen LogP contribution in [0.4, 0.5) is 0 Å². The maximum absolute atomic E-state index is 2.79. The van der Waals surface area contributed by atoms with Crippen LogP contribution in [0.5, 0.6) is 0 Å². The first-order valence-corrected chi connectivity index (χ1v) is 6.41. The summed E-state index contributed by atoms with van der Waals surface area (Å²) in [6.45, 7) is 6.45. The molecule has 3 heterocycles. The molecule has 14 heavy (non-hydrogen) atoms. The predicted molar refractivity (Wildman–Crippen MR) is 58.2 cm³/mol. The lowest BCUT2D eigenvalue weighted by atomic mass is 9.96. The molecule has 0 aromatic rings. The summed E-state index contributed by atoms with van der Waals surface area (Å²) in [5.74, 6) is 0. The quantitative estimate of drug-likeness (QED) is 0.621. The normalized spacial score (nSPS) is 46.9. The molecular weight excluding hydrogens is 172 g/mol. The smallest absolute Gasteiger partial charge is 0.0901 e. The zero-order valence-electron chi connectivity index (χ0n) is 9.34. The minimum atomic E-state index is 0.576. The molecule has 3 atom stereocenters. The van der Waals surface area contributed by atoms with Gasteiger partial charge < -0.3 is 0 Å². The molecule has 0 bridgehead atoms. The molecule has 3 aliphatic heterocycles. The zero-order chi connectivity index (χ0) is 9.60. The van der Waals surface area contributed by atoms with Gasteiger partial charge in [0.05, 0.1) is 5.66 Å². The Morgan fingerprint density at radius 3 is 2.86 bits per heavy atom. The van der Waals surface area contributed by atoms with Crippen LogP contribution in [0.3, 0.4) is 0 Å². The van der Waals surface area contributed by atoms with Gasteiger partial charge in [0.15, 0.2) is 0 Å². The van der Waals surface area contributed by atoms with Crippen molar-refractivity contribution in [2.24, 2.45) is 0 Å². The highest BCUT2D eigenvalue weighted by atomic mass is 15.6. The van der Waals surface area contributed by atoms with E-state index < -0.39 is 0 Å². The fraction of sp³-hybridized carbons (Fsp3) is 1.00. The molecule has 3 aliphatic rings. The Morgan fingerprint density at radius 1 is 1.14 bits per heavy atom. The molecule has 1 spiro atoms. The number of nitrogens with zero attached hydrogens (tertiary/aromatic N) is 2. The van der Waals surface area contributed by atoms with Crippen LogP contribution < -0.4 is 0 Å². The summed E-state index contributed by atoms with van der Waals surface area (Å²) >= 11 is 0. The van der Waals surface area contributed by atoms with E-state index in [-0.39, 0.29) is 0 Å². The second-order valence-corrected chi connectivity index (χ2v) is 5.17. The van der Waals surface area contributed by atoms with Crippen LogP contribution >= 0.6 is 0 Å². The summed E-state index contributed by atoms with van der Waals surface area (Å²) in [5, 5.41) is 0. The molecule has 2 nitrogen and oxygen atoms in total. The van der Waals surface area contributed by atoms with Gasteiger partial charge >= 0.3 is 0 Å². The van der Waals surface area contributed by atoms with Crippen LogP contribution in [0.15, 0.2) is 0 Å². The second kappa shape index (κ2) is 3.21. The third-order valence-corrected chi connectivity index (χ3v) is 4.50. The Morgan fingerprint density at radius 2 is 2.00 bits per heavy atom. The number of hydrogen-bond donors (Lipinski definition) is 0. The van der Waals surface area contributed by atoms with Gasteiger partial charge in [-0.25, -0.2) is 0 Å². The largest absolute Gasteiger partial charge is 0.284 e. The minimum Gasteiger partial charge on any atom is -0.284 e. The van der Waals surface area contributed by atoms with E-state index in [9.17, 15) is 0 Å². The Labute approximate surface area is 87.3 Å². The highest BCUT2D eigenvalue weighted by Crippen LogP contribution is 2.53. The molecule has 3 rings (SSSR count). The van der Waals surface area contributed by atoms with Crippen LogP contribution in [0.1, 0.15) is 45.4 Å². The molecule has 2 heteroatoms. The lowest BCUT2D eigenvalue weighted by Crippen LogP contribution is -2.49. The van der Waals surface area contributed by atoms with E-state index in [1.165, 1.54) is 58.2 Å². The molecule has 0 amide bonds. The summed E-state index contributed by atoms with van der Waals surface area (Å²) in [6, 6.07) is 0.926. The van der Waals surface area contributed by atoms with E-state index >= 15 is 0 Å². The average molecular weight is 194 g/mol. The number of hydrogen-bond acceptors (Lipinski definition) is 2. The van der Waals surface area contributed by atoms with Crippen molar-refractivity contribution in [2.45, 2.75) is 57.2 Å². The fourth-order valence-electron chi connectivity index (χ4n) is 3.93. The minimum absolute atomic E-state index is 0.576. The number of piperidine rings is 1. The highest BCUT2D eigenvalue weighted by molar-refractivity contribution is 5.18. The SMILES string of the molecule is CCCC1N2CCCN3CCCCC132. The monoisotopic (exact) mass is 194 g/mol. The van der Waals surface area contributed by atoms with E-state index in [1.807, 2.05) is 0 Å². The lowest BCUT2D eigenvalue weighted by Gasteiger charge is -2.40. The van der Waals surface area contributed by atoms with Crippen molar-refractivity contribution in [3.63, 3.8) is 0 Å². The Hall–Kier alpha value is -0.0800. The van der Waals surface area contributed by atoms with Crippen LogP contribution in [-0.2, 0) is 0 Å². The van der Waals surface area contributed by atoms with E-state index in [2.05, 4.69) is 16.7 Å². The standard InChI is InChI=1S/C12H22N2/c1-2-6-11-12-7-3-4-8-13(12)9-5-10-14(11)12/h11H,2-10H2,1H3. The number of rotatable bonds is 2. The molecule has 3 saturated heterocycles. The van der Waals surface area contributed by atoms with Crippen molar-refractivity contribution in [3.8, 4) is 0 Å². The van der Waals surface area contributed by atoms with E-state index in [0.29, 0.717) is 5.66 Å². The predicted octanol–water partition coefficient (Wildman–Crippen LogP) is 2.06. The summed E-state index contributed by atoms with van der Waals surface area (Å²) < 4.78 is 0. The molecule has 0 aliphatic carbocycles. The van der Waals surface area contributed by atoms with Crippen LogP contribution in [0.25, 0.3) is 0 Å². The molecule has 0 aromatic carbocycles. The van der Waals surface area contributed by atoms with Gasteiger partial charge in [0.25, 0.3) is 0 Å². The van der Waals surface area contributed by atoms with Crippen molar-refractivity contribution in [3.05, 3.63) is 0 Å². The van der Waals surface area contributed by atoms with Gasteiger partial charge in [-0.05, 0) is 38.6 Å². The molecular formula is C12H22N2. The molecule has 3 fully saturated rings. The summed E-state index contributed by atoms with van der Waals surface area (Å²) in [6.07, 6.45) is 8.55. The van der Waals surface area contributed by atoms with Gasteiger partial charge in [-0.3, -0.25) is 9.80 Å². The second-order valence-electron chi connectivity index (χ2n) is 5.17. The molecule has 0 N–H and O–H groups in total.